The monoisotopic (exact) mass is 236 g/mol. The van der Waals surface area contributed by atoms with Gasteiger partial charge in [0.1, 0.15) is 5.75 Å². The second-order valence-electron chi connectivity index (χ2n) is 4.22. The summed E-state index contributed by atoms with van der Waals surface area (Å²) in [7, 11) is 1.52. The van der Waals surface area contributed by atoms with E-state index in [-0.39, 0.29) is 18.4 Å². The van der Waals surface area contributed by atoms with Crippen molar-refractivity contribution in [3.8, 4) is 5.75 Å². The largest absolute Gasteiger partial charge is 0.495 e. The summed E-state index contributed by atoms with van der Waals surface area (Å²) in [4.78, 5) is 13.7. The van der Waals surface area contributed by atoms with E-state index >= 15 is 0 Å². The van der Waals surface area contributed by atoms with Crippen LogP contribution in [-0.4, -0.2) is 42.7 Å². The summed E-state index contributed by atoms with van der Waals surface area (Å²) in [5.41, 5.74) is 6.76. The predicted molar refractivity (Wildman–Crippen MR) is 63.9 cm³/mol. The maximum atomic E-state index is 12.0. The van der Waals surface area contributed by atoms with Crippen molar-refractivity contribution in [3.05, 3.63) is 23.8 Å². The van der Waals surface area contributed by atoms with Crippen molar-refractivity contribution in [2.24, 2.45) is 5.92 Å². The number of aliphatic hydroxyl groups excluding tert-OH is 1. The summed E-state index contributed by atoms with van der Waals surface area (Å²) in [6, 6.07) is 4.99. The second-order valence-corrected chi connectivity index (χ2v) is 4.22. The van der Waals surface area contributed by atoms with Crippen molar-refractivity contribution in [2.45, 2.75) is 0 Å². The number of hydrogen-bond acceptors (Lipinski definition) is 4. The van der Waals surface area contributed by atoms with Crippen molar-refractivity contribution in [1.82, 2.24) is 4.90 Å². The normalized spacial score (nSPS) is 15.5. The zero-order valence-corrected chi connectivity index (χ0v) is 9.72. The molecule has 1 saturated heterocycles. The van der Waals surface area contributed by atoms with Gasteiger partial charge in [0.05, 0.1) is 12.8 Å². The van der Waals surface area contributed by atoms with Crippen LogP contribution in [0.1, 0.15) is 10.4 Å². The zero-order chi connectivity index (χ0) is 12.4. The van der Waals surface area contributed by atoms with Gasteiger partial charge in [0, 0.05) is 31.2 Å². The lowest BCUT2D eigenvalue weighted by Gasteiger charge is -2.38. The van der Waals surface area contributed by atoms with Crippen LogP contribution in [0.4, 0.5) is 5.69 Å². The highest BCUT2D eigenvalue weighted by Gasteiger charge is 2.30. The molecule has 0 radical (unpaired) electrons. The van der Waals surface area contributed by atoms with Crippen LogP contribution in [-0.2, 0) is 0 Å². The average Bonchev–Trinajstić information content (AvgIpc) is 2.28. The summed E-state index contributed by atoms with van der Waals surface area (Å²) in [5.74, 6) is 0.678. The summed E-state index contributed by atoms with van der Waals surface area (Å²) >= 11 is 0. The van der Waals surface area contributed by atoms with Gasteiger partial charge in [-0.2, -0.15) is 0 Å². The Balaban J connectivity index is 2.10. The lowest BCUT2D eigenvalue weighted by atomic mass is 10.00. The molecule has 1 aliphatic heterocycles. The van der Waals surface area contributed by atoms with Gasteiger partial charge in [-0.25, -0.2) is 0 Å². The molecule has 2 rings (SSSR count). The minimum atomic E-state index is -0.0481. The van der Waals surface area contributed by atoms with Gasteiger partial charge in [-0.05, 0) is 18.2 Å². The molecule has 1 aromatic carbocycles. The number of ether oxygens (including phenoxy) is 1. The number of nitrogens with two attached hydrogens (primary N) is 1. The number of rotatable bonds is 3. The minimum absolute atomic E-state index is 0.0481. The van der Waals surface area contributed by atoms with Crippen LogP contribution in [0, 0.1) is 5.92 Å². The molecular formula is C12H16N2O3. The van der Waals surface area contributed by atoms with Crippen molar-refractivity contribution < 1.29 is 14.6 Å². The Bertz CT molecular complexity index is 428. The van der Waals surface area contributed by atoms with Crippen molar-refractivity contribution in [3.63, 3.8) is 0 Å². The van der Waals surface area contributed by atoms with E-state index in [2.05, 4.69) is 0 Å². The molecule has 0 bridgehead atoms. The van der Waals surface area contributed by atoms with Gasteiger partial charge in [0.25, 0.3) is 5.91 Å². The van der Waals surface area contributed by atoms with E-state index < -0.39 is 0 Å². The van der Waals surface area contributed by atoms with E-state index in [9.17, 15) is 4.79 Å². The SMILES string of the molecule is COc1cc(C(=O)N2CC(CO)C2)ccc1N. The van der Waals surface area contributed by atoms with Gasteiger partial charge >= 0.3 is 0 Å². The van der Waals surface area contributed by atoms with E-state index in [0.717, 1.165) is 0 Å². The molecule has 0 spiro atoms. The highest BCUT2D eigenvalue weighted by Crippen LogP contribution is 2.25. The third-order valence-corrected chi connectivity index (χ3v) is 2.98. The molecule has 0 atom stereocenters. The molecular weight excluding hydrogens is 220 g/mol. The summed E-state index contributed by atoms with van der Waals surface area (Å²) in [5, 5.41) is 8.90. The van der Waals surface area contributed by atoms with E-state index in [4.69, 9.17) is 15.6 Å². The number of nitrogens with zero attached hydrogens (tertiary/aromatic N) is 1. The lowest BCUT2D eigenvalue weighted by molar-refractivity contribution is 0.0362. The Morgan fingerprint density at radius 3 is 2.88 bits per heavy atom. The molecule has 0 aromatic heterocycles. The Kier molecular flexibility index (Phi) is 3.19. The van der Waals surface area contributed by atoms with Crippen LogP contribution in [0.5, 0.6) is 5.75 Å². The first-order chi connectivity index (χ1) is 8.15. The fourth-order valence-corrected chi connectivity index (χ4v) is 1.88. The van der Waals surface area contributed by atoms with E-state index in [1.54, 1.807) is 23.1 Å². The van der Waals surface area contributed by atoms with Crippen LogP contribution in [0.2, 0.25) is 0 Å². The zero-order valence-electron chi connectivity index (χ0n) is 9.72. The van der Waals surface area contributed by atoms with Crippen LogP contribution in [0.25, 0.3) is 0 Å². The van der Waals surface area contributed by atoms with Crippen molar-refractivity contribution >= 4 is 11.6 Å². The second kappa shape index (κ2) is 4.63. The van der Waals surface area contributed by atoms with Gasteiger partial charge in [0.2, 0.25) is 0 Å². The minimum Gasteiger partial charge on any atom is -0.495 e. The first-order valence-electron chi connectivity index (χ1n) is 5.49. The summed E-state index contributed by atoms with van der Waals surface area (Å²) in [6.45, 7) is 1.36. The number of methoxy groups -OCH3 is 1. The smallest absolute Gasteiger partial charge is 0.254 e. The van der Waals surface area contributed by atoms with E-state index in [1.165, 1.54) is 7.11 Å². The van der Waals surface area contributed by atoms with Crippen molar-refractivity contribution in [1.29, 1.82) is 0 Å². The average molecular weight is 236 g/mol. The number of aliphatic hydroxyl groups is 1. The third-order valence-electron chi connectivity index (χ3n) is 2.98. The molecule has 3 N–H and O–H groups in total. The van der Waals surface area contributed by atoms with Crippen LogP contribution < -0.4 is 10.5 Å². The highest BCUT2D eigenvalue weighted by molar-refractivity contribution is 5.95. The van der Waals surface area contributed by atoms with Crippen LogP contribution in [0.15, 0.2) is 18.2 Å². The maximum absolute atomic E-state index is 12.0. The van der Waals surface area contributed by atoms with Gasteiger partial charge in [0.15, 0.2) is 0 Å². The first-order valence-corrected chi connectivity index (χ1v) is 5.49. The molecule has 0 saturated carbocycles. The van der Waals surface area contributed by atoms with Crippen LogP contribution >= 0.6 is 0 Å². The Morgan fingerprint density at radius 2 is 2.29 bits per heavy atom. The summed E-state index contributed by atoms with van der Waals surface area (Å²) in [6.07, 6.45) is 0. The fourth-order valence-electron chi connectivity index (χ4n) is 1.88. The predicted octanol–water partition coefficient (Wildman–Crippen LogP) is 0.342. The highest BCUT2D eigenvalue weighted by atomic mass is 16.5. The molecule has 1 fully saturated rings. The number of carbonyl (C=O) groups excluding carboxylic acids is 1. The quantitative estimate of drug-likeness (QED) is 0.742. The molecule has 0 unspecified atom stereocenters. The first kappa shape index (κ1) is 11.7. The van der Waals surface area contributed by atoms with E-state index in [1.807, 2.05) is 0 Å². The van der Waals surface area contributed by atoms with Crippen molar-refractivity contribution in [2.75, 3.05) is 32.5 Å². The molecule has 5 nitrogen and oxygen atoms in total. The molecule has 1 aromatic rings. The van der Waals surface area contributed by atoms with Gasteiger partial charge < -0.3 is 20.5 Å². The number of hydrogen-bond donors (Lipinski definition) is 2. The number of amides is 1. The number of benzene rings is 1. The molecule has 1 heterocycles. The van der Waals surface area contributed by atoms with Gasteiger partial charge in [-0.1, -0.05) is 0 Å². The Labute approximate surface area is 99.8 Å². The molecule has 1 amide bonds. The standard InChI is InChI=1S/C12H16N2O3/c1-17-11-4-9(2-3-10(11)13)12(16)14-5-8(6-14)7-15/h2-4,8,15H,5-7,13H2,1H3. The molecule has 0 aliphatic carbocycles. The number of carbonyl (C=O) groups is 1. The fraction of sp³-hybridized carbons (Fsp3) is 0.417. The Hall–Kier alpha value is -1.75. The van der Waals surface area contributed by atoms with E-state index in [0.29, 0.717) is 30.1 Å². The Morgan fingerprint density at radius 1 is 1.59 bits per heavy atom. The number of anilines is 1. The molecule has 5 heteroatoms. The number of nitrogen functional groups attached to an aromatic ring is 1. The topological polar surface area (TPSA) is 75.8 Å². The van der Waals surface area contributed by atoms with Gasteiger partial charge in [-0.15, -0.1) is 0 Å². The molecule has 1 aliphatic rings. The third kappa shape index (κ3) is 2.19. The summed E-state index contributed by atoms with van der Waals surface area (Å²) < 4.78 is 5.07. The lowest BCUT2D eigenvalue weighted by Crippen LogP contribution is -2.51. The maximum Gasteiger partial charge on any atom is 0.254 e. The molecule has 17 heavy (non-hydrogen) atoms. The van der Waals surface area contributed by atoms with Crippen LogP contribution in [0.3, 0.4) is 0 Å². The van der Waals surface area contributed by atoms with Gasteiger partial charge in [-0.3, -0.25) is 4.79 Å². The number of likely N-dealkylation sites (tertiary alicyclic amines) is 1. The molecule has 92 valence electrons.